The van der Waals surface area contributed by atoms with Crippen molar-refractivity contribution in [3.63, 3.8) is 0 Å². The van der Waals surface area contributed by atoms with E-state index < -0.39 is 7.12 Å². The summed E-state index contributed by atoms with van der Waals surface area (Å²) < 4.78 is 0. The van der Waals surface area contributed by atoms with E-state index in [-0.39, 0.29) is 6.10 Å². The van der Waals surface area contributed by atoms with Crippen molar-refractivity contribution in [2.75, 3.05) is 0 Å². The number of aliphatic hydroxyl groups excluding tert-OH is 1. The third kappa shape index (κ3) is 3.18. The van der Waals surface area contributed by atoms with E-state index in [1.807, 2.05) is 0 Å². The van der Waals surface area contributed by atoms with Gasteiger partial charge in [-0.1, -0.05) is 24.3 Å². The molecule has 0 spiro atoms. The summed E-state index contributed by atoms with van der Waals surface area (Å²) in [5.41, 5.74) is 1.45. The first kappa shape index (κ1) is 10.2. The van der Waals surface area contributed by atoms with Crippen LogP contribution in [0.2, 0.25) is 0 Å². The average Bonchev–Trinajstić information content (AvgIpc) is 2.04. The monoisotopic (exact) mass is 180 g/mol. The Kier molecular flexibility index (Phi) is 3.48. The van der Waals surface area contributed by atoms with Crippen molar-refractivity contribution in [1.82, 2.24) is 0 Å². The Hall–Kier alpha value is -0.835. The summed E-state index contributed by atoms with van der Waals surface area (Å²) in [4.78, 5) is 0. The second-order valence-electron chi connectivity index (χ2n) is 3.17. The van der Waals surface area contributed by atoms with Crippen molar-refractivity contribution in [2.45, 2.75) is 19.4 Å². The molecule has 13 heavy (non-hydrogen) atoms. The van der Waals surface area contributed by atoms with Gasteiger partial charge in [-0.15, -0.1) is 0 Å². The Morgan fingerprint density at radius 3 is 2.15 bits per heavy atom. The van der Waals surface area contributed by atoms with Gasteiger partial charge in [0.05, 0.1) is 6.10 Å². The van der Waals surface area contributed by atoms with Crippen molar-refractivity contribution in [2.24, 2.45) is 0 Å². The summed E-state index contributed by atoms with van der Waals surface area (Å²) in [5, 5.41) is 26.7. The molecule has 1 aromatic carbocycles. The molecule has 0 bridgehead atoms. The zero-order chi connectivity index (χ0) is 9.84. The molecule has 1 atom stereocenters. The van der Waals surface area contributed by atoms with Gasteiger partial charge in [-0.05, 0) is 24.4 Å². The second-order valence-corrected chi connectivity index (χ2v) is 3.17. The third-order valence-corrected chi connectivity index (χ3v) is 1.81. The second kappa shape index (κ2) is 4.41. The number of aliphatic hydroxyl groups is 1. The molecule has 0 saturated carbocycles. The first-order valence-corrected chi connectivity index (χ1v) is 4.22. The summed E-state index contributed by atoms with van der Waals surface area (Å²) in [7, 11) is -1.42. The molecule has 0 fully saturated rings. The van der Waals surface area contributed by atoms with Gasteiger partial charge in [-0.3, -0.25) is 0 Å². The van der Waals surface area contributed by atoms with Gasteiger partial charge in [0.2, 0.25) is 0 Å². The van der Waals surface area contributed by atoms with Crippen LogP contribution in [0.4, 0.5) is 0 Å². The van der Waals surface area contributed by atoms with Gasteiger partial charge in [0, 0.05) is 0 Å². The van der Waals surface area contributed by atoms with Crippen LogP contribution in [0.3, 0.4) is 0 Å². The van der Waals surface area contributed by atoms with E-state index in [0.717, 1.165) is 5.56 Å². The van der Waals surface area contributed by atoms with Crippen molar-refractivity contribution in [1.29, 1.82) is 0 Å². The average molecular weight is 180 g/mol. The van der Waals surface area contributed by atoms with Gasteiger partial charge in [0.15, 0.2) is 0 Å². The molecule has 0 aliphatic heterocycles. The first-order chi connectivity index (χ1) is 6.09. The molecule has 3 N–H and O–H groups in total. The molecule has 0 aliphatic rings. The van der Waals surface area contributed by atoms with Crippen LogP contribution in [-0.4, -0.2) is 28.4 Å². The summed E-state index contributed by atoms with van der Waals surface area (Å²) in [6.07, 6.45) is 0.215. The van der Waals surface area contributed by atoms with Crippen LogP contribution in [0.15, 0.2) is 24.3 Å². The molecule has 1 aromatic rings. The van der Waals surface area contributed by atoms with Crippen molar-refractivity contribution < 1.29 is 15.2 Å². The van der Waals surface area contributed by atoms with E-state index in [2.05, 4.69) is 0 Å². The van der Waals surface area contributed by atoms with Crippen LogP contribution in [0.5, 0.6) is 0 Å². The quantitative estimate of drug-likeness (QED) is 0.538. The topological polar surface area (TPSA) is 60.7 Å². The zero-order valence-electron chi connectivity index (χ0n) is 7.51. The lowest BCUT2D eigenvalue weighted by molar-refractivity contribution is 0.195. The summed E-state index contributed by atoms with van der Waals surface area (Å²) in [5.74, 6) is 0. The maximum atomic E-state index is 9.09. The highest BCUT2D eigenvalue weighted by Crippen LogP contribution is 2.01. The summed E-state index contributed by atoms with van der Waals surface area (Å²) in [6.45, 7) is 1.72. The highest BCUT2D eigenvalue weighted by molar-refractivity contribution is 6.58. The highest BCUT2D eigenvalue weighted by Gasteiger charge is 2.09. The number of benzene rings is 1. The predicted molar refractivity (Wildman–Crippen MR) is 51.7 cm³/mol. The molecule has 1 rings (SSSR count). The van der Waals surface area contributed by atoms with Crippen LogP contribution < -0.4 is 5.46 Å². The molecule has 70 valence electrons. The van der Waals surface area contributed by atoms with Crippen LogP contribution in [0.25, 0.3) is 0 Å². The predicted octanol–water partition coefficient (Wildman–Crippen LogP) is -0.710. The number of hydrogen-bond acceptors (Lipinski definition) is 3. The Balaban J connectivity index is 2.70. The van der Waals surface area contributed by atoms with Gasteiger partial charge in [-0.2, -0.15) is 0 Å². The van der Waals surface area contributed by atoms with E-state index in [4.69, 9.17) is 15.2 Å². The minimum absolute atomic E-state index is 0.370. The maximum absolute atomic E-state index is 9.09. The van der Waals surface area contributed by atoms with E-state index in [9.17, 15) is 0 Å². The third-order valence-electron chi connectivity index (χ3n) is 1.81. The first-order valence-electron chi connectivity index (χ1n) is 4.22. The van der Waals surface area contributed by atoms with E-state index in [1.165, 1.54) is 0 Å². The van der Waals surface area contributed by atoms with Gasteiger partial charge in [0.25, 0.3) is 0 Å². The molecule has 0 unspecified atom stereocenters. The van der Waals surface area contributed by atoms with Crippen LogP contribution >= 0.6 is 0 Å². The fourth-order valence-corrected chi connectivity index (χ4v) is 1.17. The van der Waals surface area contributed by atoms with Crippen molar-refractivity contribution in [3.05, 3.63) is 29.8 Å². The molecule has 0 radical (unpaired) electrons. The Morgan fingerprint density at radius 1 is 1.23 bits per heavy atom. The minimum Gasteiger partial charge on any atom is -0.423 e. The lowest BCUT2D eigenvalue weighted by atomic mass is 9.80. The van der Waals surface area contributed by atoms with E-state index in [0.29, 0.717) is 11.9 Å². The summed E-state index contributed by atoms with van der Waals surface area (Å²) >= 11 is 0. The molecule has 0 amide bonds. The minimum atomic E-state index is -1.42. The molecule has 0 aliphatic carbocycles. The van der Waals surface area contributed by atoms with Crippen molar-refractivity contribution >= 4 is 12.6 Å². The van der Waals surface area contributed by atoms with E-state index >= 15 is 0 Å². The van der Waals surface area contributed by atoms with Gasteiger partial charge < -0.3 is 15.2 Å². The van der Waals surface area contributed by atoms with Crippen LogP contribution in [0, 0.1) is 0 Å². The maximum Gasteiger partial charge on any atom is 0.488 e. The van der Waals surface area contributed by atoms with Crippen LogP contribution in [0.1, 0.15) is 12.5 Å². The molecular formula is C9H13BO3. The Labute approximate surface area is 77.8 Å². The van der Waals surface area contributed by atoms with E-state index in [1.54, 1.807) is 31.2 Å². The fraction of sp³-hybridized carbons (Fsp3) is 0.333. The number of rotatable bonds is 3. The molecule has 3 nitrogen and oxygen atoms in total. The molecular weight excluding hydrogens is 167 g/mol. The zero-order valence-corrected chi connectivity index (χ0v) is 7.51. The van der Waals surface area contributed by atoms with Crippen LogP contribution in [-0.2, 0) is 6.42 Å². The molecule has 0 saturated heterocycles. The lowest BCUT2D eigenvalue weighted by Gasteiger charge is -2.05. The molecule has 0 aromatic heterocycles. The molecule has 0 heterocycles. The Bertz CT molecular complexity index is 256. The van der Waals surface area contributed by atoms with Gasteiger partial charge in [-0.25, -0.2) is 0 Å². The fourth-order valence-electron chi connectivity index (χ4n) is 1.17. The summed E-state index contributed by atoms with van der Waals surface area (Å²) in [6, 6.07) is 6.84. The van der Waals surface area contributed by atoms with Gasteiger partial charge >= 0.3 is 7.12 Å². The Morgan fingerprint density at radius 2 is 1.77 bits per heavy atom. The smallest absolute Gasteiger partial charge is 0.423 e. The normalized spacial score (nSPS) is 12.6. The standard InChI is InChI=1S/C9H13BO3/c1-7(11)6-8-2-4-9(5-3-8)10(12)13/h2-5,7,11-13H,6H2,1H3/t7-/m1/s1. The van der Waals surface area contributed by atoms with Crippen molar-refractivity contribution in [3.8, 4) is 0 Å². The largest absolute Gasteiger partial charge is 0.488 e. The highest BCUT2D eigenvalue weighted by atomic mass is 16.4. The molecule has 4 heteroatoms. The SMILES string of the molecule is C[C@@H](O)Cc1ccc(B(O)O)cc1. The number of hydrogen-bond donors (Lipinski definition) is 3. The lowest BCUT2D eigenvalue weighted by Crippen LogP contribution is -2.29. The van der Waals surface area contributed by atoms with Gasteiger partial charge in [0.1, 0.15) is 0 Å².